The molecule has 140 valence electrons. The van der Waals surface area contributed by atoms with Gasteiger partial charge in [0.2, 0.25) is 0 Å². The normalized spacial score (nSPS) is 11.2. The van der Waals surface area contributed by atoms with Crippen LogP contribution in [0.4, 0.5) is 4.39 Å². The molecule has 2 aromatic heterocycles. The van der Waals surface area contributed by atoms with Crippen LogP contribution in [-0.2, 0) is 0 Å². The lowest BCUT2D eigenvalue weighted by Crippen LogP contribution is -2.30. The fourth-order valence-electron chi connectivity index (χ4n) is 2.97. The first-order valence-corrected chi connectivity index (χ1v) is 9.16. The smallest absolute Gasteiger partial charge is 0.254 e. The third-order valence-electron chi connectivity index (χ3n) is 4.54. The van der Waals surface area contributed by atoms with E-state index >= 15 is 0 Å². The highest BCUT2D eigenvalue weighted by Gasteiger charge is 2.19. The van der Waals surface area contributed by atoms with E-state index < -0.39 is 5.82 Å². The van der Waals surface area contributed by atoms with Crippen molar-refractivity contribution in [1.82, 2.24) is 19.9 Å². The Morgan fingerprint density at radius 1 is 1.11 bits per heavy atom. The highest BCUT2D eigenvalue weighted by atomic mass is 19.1. The standard InChI is InChI=1S/C21H23FN4O/c1-5-26(6-2)21(27)17-10-19(14-11-23-20(13(3)4)24-12-14)25-18-8-7-15(22)9-16(17)18/h7-13H,5-6H2,1-4H3. The van der Waals surface area contributed by atoms with E-state index in [0.29, 0.717) is 35.2 Å². The third kappa shape index (κ3) is 3.79. The van der Waals surface area contributed by atoms with Gasteiger partial charge in [-0.1, -0.05) is 13.8 Å². The van der Waals surface area contributed by atoms with Gasteiger partial charge in [0.25, 0.3) is 5.91 Å². The molecule has 0 bridgehead atoms. The molecule has 2 heterocycles. The molecular formula is C21H23FN4O. The van der Waals surface area contributed by atoms with E-state index in [1.54, 1.807) is 29.4 Å². The minimum Gasteiger partial charge on any atom is -0.339 e. The Bertz CT molecular complexity index is 966. The third-order valence-corrected chi connectivity index (χ3v) is 4.54. The van der Waals surface area contributed by atoms with E-state index in [0.717, 1.165) is 11.4 Å². The Labute approximate surface area is 158 Å². The molecule has 0 spiro atoms. The molecule has 3 rings (SSSR count). The van der Waals surface area contributed by atoms with Gasteiger partial charge in [-0.3, -0.25) is 4.79 Å². The van der Waals surface area contributed by atoms with Gasteiger partial charge in [0.15, 0.2) is 0 Å². The van der Waals surface area contributed by atoms with Crippen molar-refractivity contribution in [3.05, 3.63) is 53.9 Å². The molecule has 0 fully saturated rings. The second-order valence-corrected chi connectivity index (χ2v) is 6.68. The Morgan fingerprint density at radius 3 is 2.37 bits per heavy atom. The second kappa shape index (κ2) is 7.78. The average molecular weight is 366 g/mol. The molecular weight excluding hydrogens is 343 g/mol. The van der Waals surface area contributed by atoms with Crippen LogP contribution in [0.2, 0.25) is 0 Å². The zero-order valence-corrected chi connectivity index (χ0v) is 16.0. The van der Waals surface area contributed by atoms with Gasteiger partial charge in [0, 0.05) is 42.4 Å². The molecule has 0 aliphatic carbocycles. The van der Waals surface area contributed by atoms with Gasteiger partial charge in [-0.15, -0.1) is 0 Å². The number of fused-ring (bicyclic) bond motifs is 1. The van der Waals surface area contributed by atoms with Crippen LogP contribution in [0, 0.1) is 5.82 Å². The number of nitrogens with zero attached hydrogens (tertiary/aromatic N) is 4. The molecule has 27 heavy (non-hydrogen) atoms. The van der Waals surface area contributed by atoms with Gasteiger partial charge in [-0.2, -0.15) is 0 Å². The summed E-state index contributed by atoms with van der Waals surface area (Å²) in [6, 6.07) is 6.01. The van der Waals surface area contributed by atoms with Crippen LogP contribution in [0.15, 0.2) is 36.7 Å². The zero-order valence-electron chi connectivity index (χ0n) is 16.0. The highest BCUT2D eigenvalue weighted by molar-refractivity contribution is 6.07. The van der Waals surface area contributed by atoms with E-state index in [2.05, 4.69) is 15.0 Å². The van der Waals surface area contributed by atoms with Gasteiger partial charge in [0.1, 0.15) is 11.6 Å². The van der Waals surface area contributed by atoms with Crippen LogP contribution in [-0.4, -0.2) is 38.8 Å². The summed E-state index contributed by atoms with van der Waals surface area (Å²) >= 11 is 0. The van der Waals surface area contributed by atoms with Gasteiger partial charge < -0.3 is 4.90 Å². The SMILES string of the molecule is CCN(CC)C(=O)c1cc(-c2cnc(C(C)C)nc2)nc2ccc(F)cc12. The van der Waals surface area contributed by atoms with Crippen LogP contribution in [0.25, 0.3) is 22.2 Å². The van der Waals surface area contributed by atoms with E-state index in [1.165, 1.54) is 12.1 Å². The number of carbonyl (C=O) groups is 1. The first-order chi connectivity index (χ1) is 12.9. The minimum absolute atomic E-state index is 0.140. The number of hydrogen-bond acceptors (Lipinski definition) is 4. The number of amides is 1. The van der Waals surface area contributed by atoms with Crippen molar-refractivity contribution in [2.75, 3.05) is 13.1 Å². The van der Waals surface area contributed by atoms with Crippen molar-refractivity contribution >= 4 is 16.8 Å². The quantitative estimate of drug-likeness (QED) is 0.670. The predicted molar refractivity (Wildman–Crippen MR) is 104 cm³/mol. The number of hydrogen-bond donors (Lipinski definition) is 0. The Kier molecular flexibility index (Phi) is 5.44. The van der Waals surface area contributed by atoms with E-state index in [4.69, 9.17) is 0 Å². The lowest BCUT2D eigenvalue weighted by molar-refractivity contribution is 0.0775. The topological polar surface area (TPSA) is 59.0 Å². The summed E-state index contributed by atoms with van der Waals surface area (Å²) in [7, 11) is 0. The summed E-state index contributed by atoms with van der Waals surface area (Å²) in [6.07, 6.45) is 3.43. The maximum absolute atomic E-state index is 13.8. The van der Waals surface area contributed by atoms with Crippen LogP contribution in [0.5, 0.6) is 0 Å². The first-order valence-electron chi connectivity index (χ1n) is 9.16. The van der Waals surface area contributed by atoms with Crippen LogP contribution >= 0.6 is 0 Å². The van der Waals surface area contributed by atoms with Crippen molar-refractivity contribution in [2.45, 2.75) is 33.6 Å². The Hall–Kier alpha value is -2.89. The maximum atomic E-state index is 13.8. The van der Waals surface area contributed by atoms with Crippen LogP contribution < -0.4 is 0 Å². The number of rotatable bonds is 5. The summed E-state index contributed by atoms with van der Waals surface area (Å²) in [6.45, 7) is 9.05. The van der Waals surface area contributed by atoms with E-state index in [1.807, 2.05) is 27.7 Å². The molecule has 0 aliphatic rings. The largest absolute Gasteiger partial charge is 0.339 e. The number of benzene rings is 1. The summed E-state index contributed by atoms with van der Waals surface area (Å²) in [4.78, 5) is 28.1. The lowest BCUT2D eigenvalue weighted by Gasteiger charge is -2.20. The van der Waals surface area contributed by atoms with Gasteiger partial charge in [-0.05, 0) is 38.1 Å². The van der Waals surface area contributed by atoms with Crippen molar-refractivity contribution in [3.8, 4) is 11.3 Å². The summed E-state index contributed by atoms with van der Waals surface area (Å²) in [5.74, 6) is 0.446. The van der Waals surface area contributed by atoms with Crippen molar-refractivity contribution in [2.24, 2.45) is 0 Å². The molecule has 0 saturated carbocycles. The fraction of sp³-hybridized carbons (Fsp3) is 0.333. The molecule has 0 atom stereocenters. The number of carbonyl (C=O) groups excluding carboxylic acids is 1. The van der Waals surface area contributed by atoms with Crippen molar-refractivity contribution in [1.29, 1.82) is 0 Å². The maximum Gasteiger partial charge on any atom is 0.254 e. The molecule has 0 N–H and O–H groups in total. The monoisotopic (exact) mass is 366 g/mol. The molecule has 6 heteroatoms. The summed E-state index contributed by atoms with van der Waals surface area (Å²) in [5, 5.41) is 0.510. The molecule has 0 radical (unpaired) electrons. The van der Waals surface area contributed by atoms with Crippen molar-refractivity contribution in [3.63, 3.8) is 0 Å². The highest BCUT2D eigenvalue weighted by Crippen LogP contribution is 2.26. The molecule has 1 aromatic carbocycles. The molecule has 0 aliphatic heterocycles. The summed E-state index contributed by atoms with van der Waals surface area (Å²) in [5.41, 5.74) is 2.32. The fourth-order valence-corrected chi connectivity index (χ4v) is 2.97. The van der Waals surface area contributed by atoms with E-state index in [9.17, 15) is 9.18 Å². The number of aromatic nitrogens is 3. The molecule has 0 saturated heterocycles. The molecule has 3 aromatic rings. The average Bonchev–Trinajstić information content (AvgIpc) is 2.68. The van der Waals surface area contributed by atoms with Gasteiger partial charge >= 0.3 is 0 Å². The van der Waals surface area contributed by atoms with Crippen molar-refractivity contribution < 1.29 is 9.18 Å². The Balaban J connectivity index is 2.17. The number of halogens is 1. The van der Waals surface area contributed by atoms with E-state index in [-0.39, 0.29) is 11.8 Å². The molecule has 0 unspecified atom stereocenters. The second-order valence-electron chi connectivity index (χ2n) is 6.68. The first kappa shape index (κ1) is 18.9. The zero-order chi connectivity index (χ0) is 19.6. The predicted octanol–water partition coefficient (Wildman–Crippen LogP) is 4.44. The molecule has 5 nitrogen and oxygen atoms in total. The van der Waals surface area contributed by atoms with Gasteiger partial charge in [0.05, 0.1) is 16.8 Å². The lowest BCUT2D eigenvalue weighted by atomic mass is 10.0. The minimum atomic E-state index is -0.393. The summed E-state index contributed by atoms with van der Waals surface area (Å²) < 4.78 is 13.8. The number of pyridine rings is 1. The molecule has 1 amide bonds. The Morgan fingerprint density at radius 2 is 1.78 bits per heavy atom. The van der Waals surface area contributed by atoms with Gasteiger partial charge in [-0.25, -0.2) is 19.3 Å². The van der Waals surface area contributed by atoms with Crippen LogP contribution in [0.3, 0.4) is 0 Å². The van der Waals surface area contributed by atoms with Crippen LogP contribution in [0.1, 0.15) is 49.8 Å².